The van der Waals surface area contributed by atoms with Gasteiger partial charge in [-0.2, -0.15) is 4.72 Å². The normalized spacial score (nSPS) is 21.2. The van der Waals surface area contributed by atoms with Crippen molar-refractivity contribution < 1.29 is 27.1 Å². The molecule has 0 aliphatic carbocycles. The highest BCUT2D eigenvalue weighted by Crippen LogP contribution is 2.38. The molecule has 1 amide bonds. The Balaban J connectivity index is 1.53. The third kappa shape index (κ3) is 4.94. The molecule has 0 aromatic heterocycles. The van der Waals surface area contributed by atoms with Crippen molar-refractivity contribution in [2.75, 3.05) is 13.1 Å². The zero-order valence-corrected chi connectivity index (χ0v) is 19.4. The number of rotatable bonds is 6. The minimum Gasteiger partial charge on any atom is -0.484 e. The van der Waals surface area contributed by atoms with E-state index in [0.29, 0.717) is 24.3 Å². The summed E-state index contributed by atoms with van der Waals surface area (Å²) in [7, 11) is -4.11. The summed E-state index contributed by atoms with van der Waals surface area (Å²) in [5.74, 6) is -0.545. The van der Waals surface area contributed by atoms with Crippen molar-refractivity contribution in [3.05, 3.63) is 59.9 Å². The van der Waals surface area contributed by atoms with E-state index in [4.69, 9.17) is 4.74 Å². The quantitative estimate of drug-likeness (QED) is 0.694. The van der Waals surface area contributed by atoms with E-state index in [-0.39, 0.29) is 41.9 Å². The first kappa shape index (κ1) is 23.4. The number of ketones is 1. The summed E-state index contributed by atoms with van der Waals surface area (Å²) >= 11 is 0. The van der Waals surface area contributed by atoms with Crippen LogP contribution in [-0.4, -0.2) is 49.7 Å². The van der Waals surface area contributed by atoms with Crippen LogP contribution >= 0.6 is 0 Å². The molecular formula is C24H27FN2O5S. The number of halogens is 1. The number of likely N-dealkylation sites (tertiary alicyclic amines) is 1. The average Bonchev–Trinajstić information content (AvgIpc) is 3.15. The van der Waals surface area contributed by atoms with Crippen LogP contribution in [0.5, 0.6) is 5.75 Å². The maximum absolute atomic E-state index is 13.6. The number of nitrogens with one attached hydrogen (secondary N) is 1. The molecule has 0 bridgehead atoms. The van der Waals surface area contributed by atoms with Crippen LogP contribution in [0.25, 0.3) is 0 Å². The van der Waals surface area contributed by atoms with Crippen molar-refractivity contribution in [3.8, 4) is 5.75 Å². The Morgan fingerprint density at radius 3 is 2.70 bits per heavy atom. The average molecular weight is 475 g/mol. The molecule has 2 atom stereocenters. The van der Waals surface area contributed by atoms with Gasteiger partial charge in [0.2, 0.25) is 15.9 Å². The zero-order chi connectivity index (χ0) is 23.8. The molecule has 1 spiro atoms. The standard InChI is InChI=1S/C24H27FN2O5S/c1-16(2)12-20(26-33(30,31)18-7-5-6-17(25)13-18)23(29)27-11-10-24(15-27)14-21(28)19-8-3-4-9-22(19)32-24/h3-9,13,16,20,26H,10-12,14-15H2,1-2H3. The number of hydrogen-bond donors (Lipinski definition) is 1. The first-order valence-corrected chi connectivity index (χ1v) is 12.4. The maximum Gasteiger partial charge on any atom is 0.241 e. The largest absolute Gasteiger partial charge is 0.484 e. The van der Waals surface area contributed by atoms with Gasteiger partial charge in [-0.15, -0.1) is 0 Å². The number of carbonyl (C=O) groups is 2. The van der Waals surface area contributed by atoms with Gasteiger partial charge in [0.1, 0.15) is 23.2 Å². The molecule has 2 aliphatic heterocycles. The minimum atomic E-state index is -4.11. The number of ether oxygens (including phenoxy) is 1. The van der Waals surface area contributed by atoms with Gasteiger partial charge in [0, 0.05) is 13.0 Å². The maximum atomic E-state index is 13.6. The summed E-state index contributed by atoms with van der Waals surface area (Å²) in [6.45, 7) is 4.33. The predicted octanol–water partition coefficient (Wildman–Crippen LogP) is 3.16. The molecule has 2 aromatic carbocycles. The number of nitrogens with zero attached hydrogens (tertiary/aromatic N) is 1. The number of Topliss-reactive ketones (excluding diaryl/α,β-unsaturated/α-hetero) is 1. The Morgan fingerprint density at radius 1 is 1.21 bits per heavy atom. The lowest BCUT2D eigenvalue weighted by Gasteiger charge is -2.35. The van der Waals surface area contributed by atoms with Gasteiger partial charge in [-0.25, -0.2) is 12.8 Å². The summed E-state index contributed by atoms with van der Waals surface area (Å²) in [6.07, 6.45) is 0.918. The van der Waals surface area contributed by atoms with E-state index in [0.717, 1.165) is 12.1 Å². The van der Waals surface area contributed by atoms with Crippen molar-refractivity contribution >= 4 is 21.7 Å². The van der Waals surface area contributed by atoms with Gasteiger partial charge < -0.3 is 9.64 Å². The van der Waals surface area contributed by atoms with E-state index in [2.05, 4.69) is 4.72 Å². The molecule has 2 unspecified atom stereocenters. The third-order valence-corrected chi connectivity index (χ3v) is 7.50. The Bertz CT molecular complexity index is 1180. The third-order valence-electron chi connectivity index (χ3n) is 6.03. The van der Waals surface area contributed by atoms with Crippen LogP contribution in [-0.2, 0) is 14.8 Å². The summed E-state index contributed by atoms with van der Waals surface area (Å²) < 4.78 is 47.9. The second-order valence-corrected chi connectivity index (χ2v) is 10.9. The van der Waals surface area contributed by atoms with Crippen LogP contribution < -0.4 is 9.46 Å². The van der Waals surface area contributed by atoms with Crippen LogP contribution in [0.2, 0.25) is 0 Å². The van der Waals surface area contributed by atoms with Gasteiger partial charge in [0.15, 0.2) is 5.78 Å². The number of amides is 1. The summed E-state index contributed by atoms with van der Waals surface area (Å²) in [5.41, 5.74) is -0.279. The number of carbonyl (C=O) groups excluding carboxylic acids is 2. The first-order valence-electron chi connectivity index (χ1n) is 11.0. The molecule has 9 heteroatoms. The van der Waals surface area contributed by atoms with Crippen molar-refractivity contribution in [2.45, 2.75) is 49.6 Å². The summed E-state index contributed by atoms with van der Waals surface area (Å²) in [4.78, 5) is 27.4. The lowest BCUT2D eigenvalue weighted by atomic mass is 9.89. The second kappa shape index (κ2) is 8.87. The van der Waals surface area contributed by atoms with E-state index >= 15 is 0 Å². The van der Waals surface area contributed by atoms with E-state index in [9.17, 15) is 22.4 Å². The van der Waals surface area contributed by atoms with E-state index < -0.39 is 27.5 Å². The summed E-state index contributed by atoms with van der Waals surface area (Å²) in [6, 6.07) is 10.7. The monoisotopic (exact) mass is 474 g/mol. The van der Waals surface area contributed by atoms with Crippen LogP contribution in [0.1, 0.15) is 43.5 Å². The molecule has 0 radical (unpaired) electrons. The number of sulfonamides is 1. The number of benzene rings is 2. The van der Waals surface area contributed by atoms with Crippen molar-refractivity contribution in [1.82, 2.24) is 9.62 Å². The van der Waals surface area contributed by atoms with Crippen LogP contribution in [0.4, 0.5) is 4.39 Å². The predicted molar refractivity (Wildman–Crippen MR) is 120 cm³/mol. The zero-order valence-electron chi connectivity index (χ0n) is 18.6. The molecule has 4 rings (SSSR count). The fraction of sp³-hybridized carbons (Fsp3) is 0.417. The number of fused-ring (bicyclic) bond motifs is 1. The Morgan fingerprint density at radius 2 is 1.97 bits per heavy atom. The van der Waals surface area contributed by atoms with Crippen molar-refractivity contribution in [1.29, 1.82) is 0 Å². The van der Waals surface area contributed by atoms with Gasteiger partial charge in [-0.1, -0.05) is 32.0 Å². The SMILES string of the molecule is CC(C)CC(NS(=O)(=O)c1cccc(F)c1)C(=O)N1CCC2(CC(=O)c3ccccc3O2)C1. The topological polar surface area (TPSA) is 92.8 Å². The van der Waals surface area contributed by atoms with Crippen molar-refractivity contribution in [3.63, 3.8) is 0 Å². The summed E-state index contributed by atoms with van der Waals surface area (Å²) in [5, 5.41) is 0. The van der Waals surface area contributed by atoms with Gasteiger partial charge >= 0.3 is 0 Å². The van der Waals surface area contributed by atoms with Gasteiger partial charge in [0.05, 0.1) is 23.4 Å². The second-order valence-electron chi connectivity index (χ2n) is 9.15. The van der Waals surface area contributed by atoms with Crippen LogP contribution in [0.3, 0.4) is 0 Å². The lowest BCUT2D eigenvalue weighted by molar-refractivity contribution is -0.133. The van der Waals surface area contributed by atoms with E-state index in [1.165, 1.54) is 12.1 Å². The highest BCUT2D eigenvalue weighted by molar-refractivity contribution is 7.89. The van der Waals surface area contributed by atoms with Gasteiger partial charge in [-0.05, 0) is 42.7 Å². The molecule has 176 valence electrons. The Hall–Kier alpha value is -2.78. The molecule has 7 nitrogen and oxygen atoms in total. The van der Waals surface area contributed by atoms with Gasteiger partial charge in [-0.3, -0.25) is 9.59 Å². The molecule has 2 heterocycles. The molecule has 2 aliphatic rings. The van der Waals surface area contributed by atoms with Crippen LogP contribution in [0, 0.1) is 11.7 Å². The minimum absolute atomic E-state index is 0.0308. The molecule has 33 heavy (non-hydrogen) atoms. The molecule has 2 aromatic rings. The van der Waals surface area contributed by atoms with E-state index in [1.54, 1.807) is 29.2 Å². The van der Waals surface area contributed by atoms with Gasteiger partial charge in [0.25, 0.3) is 0 Å². The first-order chi connectivity index (χ1) is 15.6. The number of hydrogen-bond acceptors (Lipinski definition) is 5. The van der Waals surface area contributed by atoms with Crippen LogP contribution in [0.15, 0.2) is 53.4 Å². The molecule has 1 N–H and O–H groups in total. The molecular weight excluding hydrogens is 447 g/mol. The number of para-hydroxylation sites is 1. The fourth-order valence-electron chi connectivity index (χ4n) is 4.48. The highest BCUT2D eigenvalue weighted by atomic mass is 32.2. The van der Waals surface area contributed by atoms with E-state index in [1.807, 2.05) is 13.8 Å². The van der Waals surface area contributed by atoms with Crippen molar-refractivity contribution in [2.24, 2.45) is 5.92 Å². The molecule has 1 saturated heterocycles. The Labute approximate surface area is 193 Å². The highest BCUT2D eigenvalue weighted by Gasteiger charge is 2.48. The molecule has 1 fully saturated rings. The Kier molecular flexibility index (Phi) is 6.28. The fourth-order valence-corrected chi connectivity index (χ4v) is 5.72. The lowest BCUT2D eigenvalue weighted by Crippen LogP contribution is -2.51. The molecule has 0 saturated carbocycles. The smallest absolute Gasteiger partial charge is 0.241 e.